The van der Waals surface area contributed by atoms with Crippen LogP contribution in [0, 0.1) is 5.92 Å². The van der Waals surface area contributed by atoms with Crippen molar-refractivity contribution in [2.24, 2.45) is 5.92 Å². The number of allylic oxidation sites excluding steroid dienone is 5. The average Bonchev–Trinajstić information content (AvgIpc) is 2.37. The first-order chi connectivity index (χ1) is 4.34. The van der Waals surface area contributed by atoms with E-state index in [0.29, 0.717) is 10.1 Å². The van der Waals surface area contributed by atoms with Crippen molar-refractivity contribution in [3.63, 3.8) is 0 Å². The summed E-state index contributed by atoms with van der Waals surface area (Å²) in [4.78, 5) is 0. The molecule has 0 N–H and O–H groups in total. The van der Waals surface area contributed by atoms with Gasteiger partial charge in [-0.3, -0.25) is 0 Å². The third-order valence-electron chi connectivity index (χ3n) is 1.32. The molecule has 0 saturated heterocycles. The quantitative estimate of drug-likeness (QED) is 0.542. The Bertz CT molecular complexity index is 144. The van der Waals surface area contributed by atoms with E-state index in [-0.39, 0.29) is 0 Å². The third-order valence-corrected chi connectivity index (χ3v) is 2.67. The van der Waals surface area contributed by atoms with E-state index in [9.17, 15) is 0 Å². The van der Waals surface area contributed by atoms with Crippen LogP contribution in [-0.2, 0) is 21.1 Å². The molecule has 0 spiro atoms. The maximum absolute atomic E-state index is 3.72. The molecule has 0 aromatic heterocycles. The van der Waals surface area contributed by atoms with Gasteiger partial charge in [-0.2, -0.15) is 0 Å². The van der Waals surface area contributed by atoms with E-state index in [1.807, 2.05) is 6.08 Å². The van der Waals surface area contributed by atoms with E-state index in [1.54, 1.807) is 0 Å². The zero-order valence-electron chi connectivity index (χ0n) is 5.05. The SMILES string of the molecule is C=C[CH]([Au])C1C=CC=C1. The number of rotatable bonds is 2. The van der Waals surface area contributed by atoms with E-state index in [0.717, 1.165) is 0 Å². The molecule has 0 amide bonds. The molecule has 0 aromatic rings. The molecule has 0 aliphatic heterocycles. The normalized spacial score (nSPS) is 20.7. The summed E-state index contributed by atoms with van der Waals surface area (Å²) in [6.45, 7) is 3.72. The molecule has 0 radical (unpaired) electrons. The van der Waals surface area contributed by atoms with Gasteiger partial charge in [-0.25, -0.2) is 0 Å². The fraction of sp³-hybridized carbons (Fsp3) is 0.250. The molecule has 0 nitrogen and oxygen atoms in total. The van der Waals surface area contributed by atoms with Crippen LogP contribution in [0.1, 0.15) is 0 Å². The molecule has 0 saturated carbocycles. The predicted octanol–water partition coefficient (Wildman–Crippen LogP) is 2.25. The van der Waals surface area contributed by atoms with Gasteiger partial charge < -0.3 is 0 Å². The van der Waals surface area contributed by atoms with Crippen LogP contribution >= 0.6 is 0 Å². The number of hydrogen-bond acceptors (Lipinski definition) is 0. The van der Waals surface area contributed by atoms with E-state index in [1.165, 1.54) is 0 Å². The second-order valence-electron chi connectivity index (χ2n) is 1.98. The molecular weight excluding hydrogens is 293 g/mol. The Balaban J connectivity index is 2.52. The predicted molar refractivity (Wildman–Crippen MR) is 35.7 cm³/mol. The van der Waals surface area contributed by atoms with Gasteiger partial charge in [-0.15, -0.1) is 0 Å². The zero-order chi connectivity index (χ0) is 6.69. The van der Waals surface area contributed by atoms with Gasteiger partial charge in [0.1, 0.15) is 0 Å². The Morgan fingerprint density at radius 1 is 1.44 bits per heavy atom. The van der Waals surface area contributed by atoms with Crippen LogP contribution in [0.2, 0.25) is 4.14 Å². The van der Waals surface area contributed by atoms with Crippen molar-refractivity contribution in [1.82, 2.24) is 0 Å². The van der Waals surface area contributed by atoms with Gasteiger partial charge in [-0.05, 0) is 0 Å². The molecule has 1 heteroatoms. The van der Waals surface area contributed by atoms with Crippen molar-refractivity contribution in [1.29, 1.82) is 0 Å². The van der Waals surface area contributed by atoms with Gasteiger partial charge >= 0.3 is 68.1 Å². The molecule has 0 fully saturated rings. The fourth-order valence-electron chi connectivity index (χ4n) is 0.801. The van der Waals surface area contributed by atoms with Gasteiger partial charge in [0.2, 0.25) is 0 Å². The molecule has 0 aromatic carbocycles. The van der Waals surface area contributed by atoms with Gasteiger partial charge in [0.05, 0.1) is 0 Å². The van der Waals surface area contributed by atoms with Crippen molar-refractivity contribution in [2.45, 2.75) is 4.14 Å². The van der Waals surface area contributed by atoms with Crippen molar-refractivity contribution in [3.8, 4) is 0 Å². The molecule has 1 rings (SSSR count). The standard InChI is InChI=1S/C8H9.Au/c1-2-5-8-6-3-4-7-8;/h2-8H,1H2;. The third kappa shape index (κ3) is 1.68. The first-order valence-electron chi connectivity index (χ1n) is 2.92. The summed E-state index contributed by atoms with van der Waals surface area (Å²) < 4.78 is 0.528. The molecule has 1 unspecified atom stereocenters. The summed E-state index contributed by atoms with van der Waals surface area (Å²) in [6, 6.07) is 0. The molecular formula is C8H9Au. The Hall–Kier alpha value is -0.0397. The number of hydrogen-bond donors (Lipinski definition) is 0. The van der Waals surface area contributed by atoms with Gasteiger partial charge in [0, 0.05) is 0 Å². The van der Waals surface area contributed by atoms with Crippen LogP contribution in [0.15, 0.2) is 37.0 Å². The molecule has 0 bridgehead atoms. The molecule has 1 aliphatic carbocycles. The van der Waals surface area contributed by atoms with Crippen molar-refractivity contribution in [3.05, 3.63) is 37.0 Å². The zero-order valence-corrected chi connectivity index (χ0v) is 7.22. The fourth-order valence-corrected chi connectivity index (χ4v) is 1.28. The van der Waals surface area contributed by atoms with Crippen molar-refractivity contribution >= 4 is 0 Å². The summed E-state index contributed by atoms with van der Waals surface area (Å²) in [5, 5.41) is 0. The summed E-state index contributed by atoms with van der Waals surface area (Å²) >= 11 is 2.56. The van der Waals surface area contributed by atoms with Crippen molar-refractivity contribution < 1.29 is 21.1 Å². The monoisotopic (exact) mass is 302 g/mol. The Morgan fingerprint density at radius 2 is 2.00 bits per heavy atom. The van der Waals surface area contributed by atoms with Crippen LogP contribution in [0.25, 0.3) is 0 Å². The minimum absolute atomic E-state index is 0.528. The molecule has 1 atom stereocenters. The second-order valence-corrected chi connectivity index (χ2v) is 3.42. The van der Waals surface area contributed by atoms with Gasteiger partial charge in [0.25, 0.3) is 0 Å². The van der Waals surface area contributed by atoms with E-state index in [2.05, 4.69) is 52.0 Å². The summed E-state index contributed by atoms with van der Waals surface area (Å²) in [7, 11) is 0. The maximum atomic E-state index is 3.72. The molecule has 1 aliphatic rings. The van der Waals surface area contributed by atoms with Crippen LogP contribution in [-0.4, -0.2) is 0 Å². The van der Waals surface area contributed by atoms with E-state index in [4.69, 9.17) is 0 Å². The summed E-state index contributed by atoms with van der Waals surface area (Å²) in [6.07, 6.45) is 10.5. The molecule has 9 heavy (non-hydrogen) atoms. The second kappa shape index (κ2) is 3.21. The van der Waals surface area contributed by atoms with Crippen LogP contribution in [0.3, 0.4) is 0 Å². The molecule has 52 valence electrons. The van der Waals surface area contributed by atoms with Crippen molar-refractivity contribution in [2.75, 3.05) is 0 Å². The van der Waals surface area contributed by atoms with E-state index < -0.39 is 0 Å². The Morgan fingerprint density at radius 3 is 2.44 bits per heavy atom. The van der Waals surface area contributed by atoms with E-state index >= 15 is 0 Å². The topological polar surface area (TPSA) is 0 Å². The van der Waals surface area contributed by atoms with Crippen LogP contribution < -0.4 is 0 Å². The summed E-state index contributed by atoms with van der Waals surface area (Å²) in [5.74, 6) is 0.575. The minimum atomic E-state index is 0.528. The van der Waals surface area contributed by atoms with Gasteiger partial charge in [0.15, 0.2) is 0 Å². The molecule has 0 heterocycles. The van der Waals surface area contributed by atoms with Crippen LogP contribution in [0.4, 0.5) is 0 Å². The first kappa shape index (κ1) is 7.07. The average molecular weight is 302 g/mol. The first-order valence-corrected chi connectivity index (χ1v) is 4.17. The van der Waals surface area contributed by atoms with Crippen LogP contribution in [0.5, 0.6) is 0 Å². The summed E-state index contributed by atoms with van der Waals surface area (Å²) in [5.41, 5.74) is 0. The Kier molecular flexibility index (Phi) is 2.52. The van der Waals surface area contributed by atoms with Gasteiger partial charge in [-0.1, -0.05) is 0 Å². The Labute approximate surface area is 68.3 Å².